The van der Waals surface area contributed by atoms with Crippen molar-refractivity contribution >= 4 is 28.9 Å². The number of fused-ring (bicyclic) bond motifs is 2. The predicted molar refractivity (Wildman–Crippen MR) is 132 cm³/mol. The third kappa shape index (κ3) is 5.32. The van der Waals surface area contributed by atoms with Crippen LogP contribution in [0.15, 0.2) is 67.4 Å². The number of alkyl halides is 3. The van der Waals surface area contributed by atoms with Crippen molar-refractivity contribution in [3.05, 3.63) is 84.1 Å². The van der Waals surface area contributed by atoms with Crippen LogP contribution in [0, 0.1) is 11.3 Å². The molecule has 4 N–H and O–H groups in total. The number of carbonyl (C=O) groups is 2. The number of nitrogen functional groups attached to an aromatic ring is 1. The SMILES string of the molecule is CC(NC(=O)c1c(N)nn2cccnc12)c1cc(C#N)c2cncn2c1-c1ccccc1.O=C(O)C(F)(F)F. The number of nitrogens with one attached hydrogen (secondary N) is 1. The van der Waals surface area contributed by atoms with Crippen molar-refractivity contribution in [1.82, 2.24) is 29.3 Å². The molecule has 198 valence electrons. The van der Waals surface area contributed by atoms with Crippen LogP contribution in [-0.4, -0.2) is 47.1 Å². The van der Waals surface area contributed by atoms with Gasteiger partial charge in [0.25, 0.3) is 5.91 Å². The number of nitrogens with zero attached hydrogens (tertiary/aromatic N) is 6. The first kappa shape index (κ1) is 26.6. The maximum atomic E-state index is 13.2. The minimum atomic E-state index is -5.08. The lowest BCUT2D eigenvalue weighted by atomic mass is 9.98. The maximum absolute atomic E-state index is 13.2. The molecule has 0 saturated heterocycles. The lowest BCUT2D eigenvalue weighted by Gasteiger charge is -2.20. The molecule has 4 aromatic heterocycles. The summed E-state index contributed by atoms with van der Waals surface area (Å²) in [4.78, 5) is 30.5. The lowest BCUT2D eigenvalue weighted by molar-refractivity contribution is -0.192. The summed E-state index contributed by atoms with van der Waals surface area (Å²) in [6.07, 6.45) is 1.50. The third-order valence-corrected chi connectivity index (χ3v) is 5.60. The fraction of sp³-hybridized carbons (Fsp3) is 0.120. The number of aromatic nitrogens is 5. The summed E-state index contributed by atoms with van der Waals surface area (Å²) in [7, 11) is 0. The molecule has 0 radical (unpaired) electrons. The number of carboxylic acids is 1. The Labute approximate surface area is 218 Å². The molecule has 0 saturated carbocycles. The van der Waals surface area contributed by atoms with E-state index in [0.717, 1.165) is 16.8 Å². The smallest absolute Gasteiger partial charge is 0.475 e. The van der Waals surface area contributed by atoms with Gasteiger partial charge in [0.05, 0.1) is 35.3 Å². The number of anilines is 1. The van der Waals surface area contributed by atoms with E-state index in [2.05, 4.69) is 26.5 Å². The highest BCUT2D eigenvalue weighted by atomic mass is 19.4. The molecule has 5 aromatic rings. The van der Waals surface area contributed by atoms with Gasteiger partial charge in [0.15, 0.2) is 11.5 Å². The van der Waals surface area contributed by atoms with Crippen molar-refractivity contribution in [2.45, 2.75) is 19.1 Å². The Hall–Kier alpha value is -5.45. The summed E-state index contributed by atoms with van der Waals surface area (Å²) in [5, 5.41) is 24.0. The van der Waals surface area contributed by atoms with Crippen LogP contribution in [0.1, 0.15) is 34.5 Å². The van der Waals surface area contributed by atoms with Gasteiger partial charge >= 0.3 is 12.1 Å². The first-order chi connectivity index (χ1) is 18.5. The zero-order valence-electron chi connectivity index (χ0n) is 20.1. The summed E-state index contributed by atoms with van der Waals surface area (Å²) in [5.41, 5.74) is 10.3. The minimum Gasteiger partial charge on any atom is -0.475 e. The minimum absolute atomic E-state index is 0.0967. The second kappa shape index (κ2) is 10.5. The number of rotatable bonds is 4. The predicted octanol–water partition coefficient (Wildman–Crippen LogP) is 3.62. The van der Waals surface area contributed by atoms with Crippen LogP contribution < -0.4 is 11.1 Å². The van der Waals surface area contributed by atoms with E-state index in [1.54, 1.807) is 37.1 Å². The molecule has 1 aromatic carbocycles. The van der Waals surface area contributed by atoms with Gasteiger partial charge in [0.2, 0.25) is 0 Å². The molecule has 0 fully saturated rings. The molecule has 0 bridgehead atoms. The number of carboxylic acid groups (broad SMARTS) is 1. The van der Waals surface area contributed by atoms with Gasteiger partial charge in [0.1, 0.15) is 11.6 Å². The van der Waals surface area contributed by atoms with E-state index in [1.807, 2.05) is 41.7 Å². The second-order valence-corrected chi connectivity index (χ2v) is 8.13. The first-order valence-electron chi connectivity index (χ1n) is 11.2. The van der Waals surface area contributed by atoms with Crippen LogP contribution in [0.4, 0.5) is 19.0 Å². The third-order valence-electron chi connectivity index (χ3n) is 5.60. The van der Waals surface area contributed by atoms with E-state index in [9.17, 15) is 23.2 Å². The molecule has 11 nitrogen and oxygen atoms in total. The van der Waals surface area contributed by atoms with Crippen LogP contribution in [-0.2, 0) is 4.79 Å². The second-order valence-electron chi connectivity index (χ2n) is 8.13. The van der Waals surface area contributed by atoms with E-state index >= 15 is 0 Å². The number of pyridine rings is 1. The average Bonchev–Trinajstić information content (AvgIpc) is 3.52. The topological polar surface area (TPSA) is 164 Å². The molecular formula is C25H19F3N8O3. The van der Waals surface area contributed by atoms with E-state index in [0.29, 0.717) is 16.7 Å². The highest BCUT2D eigenvalue weighted by molar-refractivity contribution is 6.04. The van der Waals surface area contributed by atoms with Crippen LogP contribution in [0.25, 0.3) is 22.4 Å². The summed E-state index contributed by atoms with van der Waals surface area (Å²) < 4.78 is 35.1. The van der Waals surface area contributed by atoms with E-state index < -0.39 is 24.1 Å². The van der Waals surface area contributed by atoms with Gasteiger partial charge in [-0.15, -0.1) is 5.10 Å². The van der Waals surface area contributed by atoms with Gasteiger partial charge in [0, 0.05) is 18.0 Å². The summed E-state index contributed by atoms with van der Waals surface area (Å²) in [6.45, 7) is 1.86. The number of halogens is 3. The Morgan fingerprint density at radius 2 is 1.90 bits per heavy atom. The molecule has 0 aliphatic rings. The first-order valence-corrected chi connectivity index (χ1v) is 11.2. The monoisotopic (exact) mass is 536 g/mol. The number of nitrogens with two attached hydrogens (primary N) is 1. The largest absolute Gasteiger partial charge is 0.490 e. The number of imidazole rings is 1. The van der Waals surface area contributed by atoms with E-state index in [4.69, 9.17) is 15.6 Å². The Balaban J connectivity index is 0.000000448. The maximum Gasteiger partial charge on any atom is 0.490 e. The van der Waals surface area contributed by atoms with Crippen molar-refractivity contribution in [2.24, 2.45) is 0 Å². The van der Waals surface area contributed by atoms with Crippen molar-refractivity contribution in [2.75, 3.05) is 5.73 Å². The number of carbonyl (C=O) groups excluding carboxylic acids is 1. The number of hydrogen-bond acceptors (Lipinski definition) is 7. The van der Waals surface area contributed by atoms with Gasteiger partial charge in [-0.05, 0) is 24.6 Å². The van der Waals surface area contributed by atoms with Gasteiger partial charge in [-0.2, -0.15) is 18.4 Å². The molecule has 1 atom stereocenters. The molecule has 0 aliphatic carbocycles. The highest BCUT2D eigenvalue weighted by Gasteiger charge is 2.38. The zero-order chi connectivity index (χ0) is 28.3. The number of benzene rings is 1. The molecule has 0 aliphatic heterocycles. The molecular weight excluding hydrogens is 517 g/mol. The highest BCUT2D eigenvalue weighted by Crippen LogP contribution is 2.32. The quantitative estimate of drug-likeness (QED) is 0.313. The standard InChI is InChI=1S/C23H18N8O.C2HF3O2/c1-14(28-23(32)19-21(25)29-31-9-5-8-27-22(19)31)17-10-16(11-24)18-12-26-13-30(18)20(17)15-6-3-2-4-7-15;3-2(4,5)1(6)7/h2-10,12-14H,1H3,(H2,25,29)(H,28,32);(H,6,7). The van der Waals surface area contributed by atoms with E-state index in [1.165, 1.54) is 4.52 Å². The molecule has 5 rings (SSSR count). The fourth-order valence-corrected chi connectivity index (χ4v) is 3.90. The molecule has 1 unspecified atom stereocenters. The Morgan fingerprint density at radius 1 is 1.21 bits per heavy atom. The Kier molecular flexibility index (Phi) is 7.16. The van der Waals surface area contributed by atoms with Gasteiger partial charge < -0.3 is 16.2 Å². The fourth-order valence-electron chi connectivity index (χ4n) is 3.90. The number of amides is 1. The van der Waals surface area contributed by atoms with E-state index in [-0.39, 0.29) is 11.4 Å². The number of aliphatic carboxylic acids is 1. The van der Waals surface area contributed by atoms with Gasteiger partial charge in [-0.3, -0.25) is 9.20 Å². The molecule has 1 amide bonds. The van der Waals surface area contributed by atoms with Crippen LogP contribution in [0.5, 0.6) is 0 Å². The zero-order valence-corrected chi connectivity index (χ0v) is 20.1. The summed E-state index contributed by atoms with van der Waals surface area (Å²) >= 11 is 0. The lowest BCUT2D eigenvalue weighted by Crippen LogP contribution is -2.28. The van der Waals surface area contributed by atoms with Crippen LogP contribution >= 0.6 is 0 Å². The molecule has 39 heavy (non-hydrogen) atoms. The Morgan fingerprint density at radius 3 is 2.54 bits per heavy atom. The average molecular weight is 536 g/mol. The van der Waals surface area contributed by atoms with Crippen molar-refractivity contribution in [3.8, 4) is 17.3 Å². The van der Waals surface area contributed by atoms with Gasteiger partial charge in [-0.25, -0.2) is 19.3 Å². The molecule has 0 spiro atoms. The van der Waals surface area contributed by atoms with Crippen LogP contribution in [0.2, 0.25) is 0 Å². The van der Waals surface area contributed by atoms with Crippen LogP contribution in [0.3, 0.4) is 0 Å². The normalized spacial score (nSPS) is 11.9. The Bertz CT molecular complexity index is 1720. The number of hydrogen-bond donors (Lipinski definition) is 3. The molecule has 14 heteroatoms. The van der Waals surface area contributed by atoms with Crippen molar-refractivity contribution in [1.29, 1.82) is 5.26 Å². The van der Waals surface area contributed by atoms with Crippen molar-refractivity contribution in [3.63, 3.8) is 0 Å². The van der Waals surface area contributed by atoms with Crippen molar-refractivity contribution < 1.29 is 27.9 Å². The summed E-state index contributed by atoms with van der Waals surface area (Å²) in [5.74, 6) is -3.06. The molecule has 4 heterocycles. The van der Waals surface area contributed by atoms with Gasteiger partial charge in [-0.1, -0.05) is 30.3 Å². The number of nitriles is 1. The summed E-state index contributed by atoms with van der Waals surface area (Å²) in [6, 6.07) is 15.0.